The molecule has 2 aromatic rings. The minimum atomic E-state index is -0.561. The van der Waals surface area contributed by atoms with Gasteiger partial charge in [0.15, 0.2) is 0 Å². The number of nitro groups is 1. The summed E-state index contributed by atoms with van der Waals surface area (Å²) >= 11 is 0. The Morgan fingerprint density at radius 3 is 2.52 bits per heavy atom. The summed E-state index contributed by atoms with van der Waals surface area (Å²) in [5.41, 5.74) is 0.0451. The number of carbonyl (C=O) groups is 1. The van der Waals surface area contributed by atoms with E-state index in [4.69, 9.17) is 0 Å². The zero-order valence-corrected chi connectivity index (χ0v) is 14.9. The molecule has 140 valence electrons. The van der Waals surface area contributed by atoms with E-state index in [1.54, 1.807) is 4.68 Å². The van der Waals surface area contributed by atoms with Gasteiger partial charge in [-0.15, -0.1) is 0 Å². The molecule has 2 unspecified atom stereocenters. The number of nitrogens with one attached hydrogen (secondary N) is 1. The van der Waals surface area contributed by atoms with Crippen molar-refractivity contribution in [1.82, 2.24) is 14.8 Å². The van der Waals surface area contributed by atoms with Gasteiger partial charge >= 0.3 is 5.95 Å². The van der Waals surface area contributed by atoms with Gasteiger partial charge in [-0.3, -0.25) is 4.79 Å². The van der Waals surface area contributed by atoms with Crippen molar-refractivity contribution in [3.63, 3.8) is 0 Å². The first kappa shape index (κ1) is 16.4. The molecule has 1 aromatic carbocycles. The van der Waals surface area contributed by atoms with Gasteiger partial charge in [0.05, 0.1) is 11.0 Å². The van der Waals surface area contributed by atoms with Crippen molar-refractivity contribution in [3.8, 4) is 0 Å². The number of hydrogen-bond donors (Lipinski definition) is 1. The van der Waals surface area contributed by atoms with E-state index in [2.05, 4.69) is 15.4 Å². The molecule has 4 aliphatic carbocycles. The first-order chi connectivity index (χ1) is 13.0. The number of rotatable bonds is 4. The van der Waals surface area contributed by atoms with E-state index in [1.807, 2.05) is 30.3 Å². The van der Waals surface area contributed by atoms with Crippen LogP contribution in [0.3, 0.4) is 0 Å². The summed E-state index contributed by atoms with van der Waals surface area (Å²) in [6.07, 6.45) is 6.91. The fourth-order valence-corrected chi connectivity index (χ4v) is 6.10. The van der Waals surface area contributed by atoms with Gasteiger partial charge in [0, 0.05) is 10.8 Å². The van der Waals surface area contributed by atoms with E-state index < -0.39 is 10.3 Å². The molecule has 6 rings (SSSR count). The number of benzene rings is 1. The molecule has 1 amide bonds. The van der Waals surface area contributed by atoms with Crippen molar-refractivity contribution in [2.24, 2.45) is 17.3 Å². The molecule has 4 aliphatic rings. The summed E-state index contributed by atoms with van der Waals surface area (Å²) in [6.45, 7) is 0. The van der Waals surface area contributed by atoms with Crippen LogP contribution in [0.25, 0.3) is 0 Å². The topological polar surface area (TPSA) is 103 Å². The summed E-state index contributed by atoms with van der Waals surface area (Å²) in [4.78, 5) is 27.6. The highest BCUT2D eigenvalue weighted by Crippen LogP contribution is 2.64. The molecule has 4 saturated carbocycles. The summed E-state index contributed by atoms with van der Waals surface area (Å²) in [5.74, 6) is 0.613. The Kier molecular flexibility index (Phi) is 3.41. The van der Waals surface area contributed by atoms with E-state index in [0.717, 1.165) is 37.8 Å². The molecule has 4 bridgehead atoms. The third-order valence-electron chi connectivity index (χ3n) is 6.67. The van der Waals surface area contributed by atoms with Gasteiger partial charge in [0.2, 0.25) is 12.2 Å². The summed E-state index contributed by atoms with van der Waals surface area (Å²) in [7, 11) is 0. The Morgan fingerprint density at radius 1 is 1.19 bits per heavy atom. The van der Waals surface area contributed by atoms with Crippen LogP contribution in [0, 0.1) is 27.4 Å². The normalized spacial score (nSPS) is 33.8. The molecule has 0 radical (unpaired) electrons. The van der Waals surface area contributed by atoms with Crippen LogP contribution in [0.2, 0.25) is 0 Å². The van der Waals surface area contributed by atoms with Gasteiger partial charge in [-0.1, -0.05) is 23.2 Å². The highest BCUT2D eigenvalue weighted by molar-refractivity contribution is 5.95. The van der Waals surface area contributed by atoms with Gasteiger partial charge in [-0.2, -0.15) is 4.68 Å². The molecular formula is C19H21N5O3. The second-order valence-electron chi connectivity index (χ2n) is 8.53. The summed E-state index contributed by atoms with van der Waals surface area (Å²) in [5, 5.41) is 18.3. The van der Waals surface area contributed by atoms with Crippen molar-refractivity contribution in [2.75, 3.05) is 5.32 Å². The van der Waals surface area contributed by atoms with E-state index in [0.29, 0.717) is 18.3 Å². The zero-order chi connectivity index (χ0) is 18.6. The van der Waals surface area contributed by atoms with Gasteiger partial charge in [0.25, 0.3) is 0 Å². The number of para-hydroxylation sites is 1. The van der Waals surface area contributed by atoms with E-state index in [1.165, 1.54) is 6.33 Å². The van der Waals surface area contributed by atoms with Gasteiger partial charge in [-0.05, 0) is 67.4 Å². The second-order valence-corrected chi connectivity index (χ2v) is 8.53. The maximum Gasteiger partial charge on any atom is 0.490 e. The molecule has 8 heteroatoms. The van der Waals surface area contributed by atoms with Crippen molar-refractivity contribution >= 4 is 17.5 Å². The maximum absolute atomic E-state index is 13.3. The highest BCUT2D eigenvalue weighted by Gasteiger charge is 2.62. The summed E-state index contributed by atoms with van der Waals surface area (Å²) < 4.78 is 1.69. The van der Waals surface area contributed by atoms with Crippen LogP contribution in [0.15, 0.2) is 36.7 Å². The number of hydrogen-bond acceptors (Lipinski definition) is 5. The SMILES string of the molecule is O=C(Nc1ccccc1)C12C[C@H]3C[C@@H](C1)CC(n1cnc([N+](=O)[O-])n1)(C3)C2. The number of carbonyl (C=O) groups excluding carboxylic acids is 1. The first-order valence-electron chi connectivity index (χ1n) is 9.41. The minimum absolute atomic E-state index is 0.0711. The highest BCUT2D eigenvalue weighted by atomic mass is 16.6. The molecule has 0 spiro atoms. The second kappa shape index (κ2) is 5.61. The smallest absolute Gasteiger partial charge is 0.390 e. The number of amides is 1. The Balaban J connectivity index is 1.48. The predicted octanol–water partition coefficient (Wildman–Crippen LogP) is 3.12. The van der Waals surface area contributed by atoms with Crippen molar-refractivity contribution < 1.29 is 9.72 Å². The van der Waals surface area contributed by atoms with Gasteiger partial charge in [-0.25, -0.2) is 0 Å². The Labute approximate surface area is 156 Å². The molecule has 4 fully saturated rings. The lowest BCUT2D eigenvalue weighted by Crippen LogP contribution is -2.60. The Bertz CT molecular complexity index is 895. The predicted molar refractivity (Wildman–Crippen MR) is 96.8 cm³/mol. The average Bonchev–Trinajstić information content (AvgIpc) is 3.13. The summed E-state index contributed by atoms with van der Waals surface area (Å²) in [6, 6.07) is 9.54. The molecule has 0 saturated heterocycles. The van der Waals surface area contributed by atoms with Gasteiger partial charge < -0.3 is 15.4 Å². The Hall–Kier alpha value is -2.77. The van der Waals surface area contributed by atoms with Crippen LogP contribution in [0.5, 0.6) is 0 Å². The molecule has 8 nitrogen and oxygen atoms in total. The van der Waals surface area contributed by atoms with Crippen LogP contribution in [-0.4, -0.2) is 25.6 Å². The van der Waals surface area contributed by atoms with Crippen LogP contribution in [0.4, 0.5) is 11.6 Å². The third kappa shape index (κ3) is 2.54. The molecule has 1 N–H and O–H groups in total. The number of anilines is 1. The fraction of sp³-hybridized carbons (Fsp3) is 0.526. The van der Waals surface area contributed by atoms with Gasteiger partial charge in [0.1, 0.15) is 0 Å². The van der Waals surface area contributed by atoms with E-state index in [-0.39, 0.29) is 17.4 Å². The molecule has 4 atom stereocenters. The molecule has 1 heterocycles. The first-order valence-corrected chi connectivity index (χ1v) is 9.41. The van der Waals surface area contributed by atoms with Crippen LogP contribution in [-0.2, 0) is 10.3 Å². The monoisotopic (exact) mass is 367 g/mol. The molecule has 1 aromatic heterocycles. The molecular weight excluding hydrogens is 346 g/mol. The fourth-order valence-electron chi connectivity index (χ4n) is 6.10. The van der Waals surface area contributed by atoms with Crippen molar-refractivity contribution in [2.45, 2.75) is 44.1 Å². The lowest BCUT2D eigenvalue weighted by atomic mass is 9.46. The zero-order valence-electron chi connectivity index (χ0n) is 14.9. The minimum Gasteiger partial charge on any atom is -0.390 e. The largest absolute Gasteiger partial charge is 0.490 e. The van der Waals surface area contributed by atoms with Crippen LogP contribution in [0.1, 0.15) is 38.5 Å². The van der Waals surface area contributed by atoms with Crippen LogP contribution < -0.4 is 5.32 Å². The number of nitrogens with zero attached hydrogens (tertiary/aromatic N) is 4. The molecule has 27 heavy (non-hydrogen) atoms. The quantitative estimate of drug-likeness (QED) is 0.660. The van der Waals surface area contributed by atoms with Crippen LogP contribution >= 0.6 is 0 Å². The molecule has 0 aliphatic heterocycles. The van der Waals surface area contributed by atoms with E-state index in [9.17, 15) is 14.9 Å². The standard InChI is InChI=1S/C19H21N5O3/c25-16(21-15-4-2-1-3-5-15)18-7-13-6-14(8-18)10-19(9-13,11-18)23-12-20-17(22-23)24(26)27/h1-5,12-14H,6-11H2,(H,21,25)/t13-,14+,18?,19?. The third-order valence-corrected chi connectivity index (χ3v) is 6.67. The van der Waals surface area contributed by atoms with Crippen molar-refractivity contribution in [3.05, 3.63) is 46.8 Å². The number of aromatic nitrogens is 3. The average molecular weight is 367 g/mol. The maximum atomic E-state index is 13.3. The lowest BCUT2D eigenvalue weighted by molar-refractivity contribution is -0.394. The Morgan fingerprint density at radius 2 is 1.89 bits per heavy atom. The van der Waals surface area contributed by atoms with E-state index >= 15 is 0 Å². The van der Waals surface area contributed by atoms with Crippen molar-refractivity contribution in [1.29, 1.82) is 0 Å². The lowest BCUT2D eigenvalue weighted by Gasteiger charge is -2.60.